The highest BCUT2D eigenvalue weighted by atomic mass is 35.5. The lowest BCUT2D eigenvalue weighted by atomic mass is 10.2. The van der Waals surface area contributed by atoms with Crippen LogP contribution in [0.2, 0.25) is 5.02 Å². The first-order chi connectivity index (χ1) is 14.2. The van der Waals surface area contributed by atoms with E-state index in [1.54, 1.807) is 24.3 Å². The predicted octanol–water partition coefficient (Wildman–Crippen LogP) is 4.81. The first kappa shape index (κ1) is 18.5. The monoisotopic (exact) mass is 408 g/mol. The van der Waals surface area contributed by atoms with Crippen LogP contribution in [0.25, 0.3) is 11.0 Å². The van der Waals surface area contributed by atoms with Crippen molar-refractivity contribution >= 4 is 34.5 Å². The molecule has 29 heavy (non-hydrogen) atoms. The van der Waals surface area contributed by atoms with Gasteiger partial charge in [-0.2, -0.15) is 0 Å². The lowest BCUT2D eigenvalue weighted by Crippen LogP contribution is -2.37. The minimum atomic E-state index is -0.0437. The van der Waals surface area contributed by atoms with Crippen molar-refractivity contribution in [1.29, 1.82) is 0 Å². The Labute approximate surface area is 175 Å². The van der Waals surface area contributed by atoms with Gasteiger partial charge in [-0.15, -0.1) is 0 Å². The minimum absolute atomic E-state index is 0.0437. The van der Waals surface area contributed by atoms with Crippen molar-refractivity contribution in [2.24, 2.45) is 0 Å². The predicted molar refractivity (Wildman–Crippen MR) is 117 cm³/mol. The van der Waals surface area contributed by atoms with Gasteiger partial charge in [-0.25, -0.2) is 4.98 Å². The number of aromatic nitrogens is 2. The van der Waals surface area contributed by atoms with E-state index in [2.05, 4.69) is 39.0 Å². The molecule has 1 aliphatic carbocycles. The SMILES string of the molecule is O=C(NC1CCN(c2nc3ccccc3n2C2CCCC2)C1)c1ccc(Cl)cc1. The van der Waals surface area contributed by atoms with Crippen LogP contribution in [-0.4, -0.2) is 34.6 Å². The molecule has 1 atom stereocenters. The van der Waals surface area contributed by atoms with Crippen molar-refractivity contribution < 1.29 is 4.79 Å². The summed E-state index contributed by atoms with van der Waals surface area (Å²) in [6.45, 7) is 1.69. The van der Waals surface area contributed by atoms with E-state index in [1.807, 2.05) is 0 Å². The summed E-state index contributed by atoms with van der Waals surface area (Å²) < 4.78 is 2.45. The molecule has 0 radical (unpaired) electrons. The number of nitrogens with zero attached hydrogens (tertiary/aromatic N) is 3. The van der Waals surface area contributed by atoms with E-state index in [9.17, 15) is 4.79 Å². The van der Waals surface area contributed by atoms with Gasteiger partial charge in [0.1, 0.15) is 0 Å². The van der Waals surface area contributed by atoms with Crippen LogP contribution < -0.4 is 10.2 Å². The summed E-state index contributed by atoms with van der Waals surface area (Å²) in [5, 5.41) is 3.81. The van der Waals surface area contributed by atoms with Gasteiger partial charge < -0.3 is 14.8 Å². The molecule has 2 aromatic carbocycles. The molecule has 2 heterocycles. The average Bonchev–Trinajstić information content (AvgIpc) is 3.47. The van der Waals surface area contributed by atoms with E-state index in [4.69, 9.17) is 16.6 Å². The largest absolute Gasteiger partial charge is 0.347 e. The molecule has 1 saturated heterocycles. The number of hydrogen-bond acceptors (Lipinski definition) is 3. The second-order valence-corrected chi connectivity index (χ2v) is 8.56. The highest BCUT2D eigenvalue weighted by molar-refractivity contribution is 6.30. The van der Waals surface area contributed by atoms with Gasteiger partial charge in [0.15, 0.2) is 0 Å². The number of anilines is 1. The van der Waals surface area contributed by atoms with Crippen molar-refractivity contribution in [1.82, 2.24) is 14.9 Å². The molecule has 1 N–H and O–H groups in total. The van der Waals surface area contributed by atoms with Gasteiger partial charge in [0.2, 0.25) is 5.95 Å². The Morgan fingerprint density at radius 2 is 1.79 bits per heavy atom. The number of para-hydroxylation sites is 2. The van der Waals surface area contributed by atoms with Gasteiger partial charge in [0.05, 0.1) is 11.0 Å². The zero-order valence-corrected chi connectivity index (χ0v) is 17.1. The van der Waals surface area contributed by atoms with Crippen molar-refractivity contribution in [2.45, 2.75) is 44.2 Å². The van der Waals surface area contributed by atoms with Gasteiger partial charge in [-0.05, 0) is 55.7 Å². The zero-order chi connectivity index (χ0) is 19.8. The Hall–Kier alpha value is -2.53. The summed E-state index contributed by atoms with van der Waals surface area (Å²) in [6, 6.07) is 16.1. The molecule has 150 valence electrons. The van der Waals surface area contributed by atoms with Crippen LogP contribution in [0.1, 0.15) is 48.5 Å². The van der Waals surface area contributed by atoms with Crippen LogP contribution in [0, 0.1) is 0 Å². The van der Waals surface area contributed by atoms with E-state index in [0.29, 0.717) is 16.6 Å². The molecular weight excluding hydrogens is 384 g/mol. The molecule has 2 aliphatic rings. The van der Waals surface area contributed by atoms with E-state index in [1.165, 1.54) is 31.2 Å². The summed E-state index contributed by atoms with van der Waals surface area (Å²) in [4.78, 5) is 19.9. The van der Waals surface area contributed by atoms with Crippen LogP contribution in [0.4, 0.5) is 5.95 Å². The number of hydrogen-bond donors (Lipinski definition) is 1. The Kier molecular flexibility index (Phi) is 4.92. The van der Waals surface area contributed by atoms with Gasteiger partial charge in [-0.3, -0.25) is 4.79 Å². The lowest BCUT2D eigenvalue weighted by molar-refractivity contribution is 0.0940. The van der Waals surface area contributed by atoms with Crippen LogP contribution in [0.15, 0.2) is 48.5 Å². The summed E-state index contributed by atoms with van der Waals surface area (Å²) >= 11 is 5.93. The van der Waals surface area contributed by atoms with E-state index in [-0.39, 0.29) is 11.9 Å². The maximum atomic E-state index is 12.6. The number of fused-ring (bicyclic) bond motifs is 1. The Morgan fingerprint density at radius 3 is 2.59 bits per heavy atom. The third-order valence-corrected chi connectivity index (χ3v) is 6.43. The highest BCUT2D eigenvalue weighted by Gasteiger charge is 2.30. The number of carbonyl (C=O) groups excluding carboxylic acids is 1. The topological polar surface area (TPSA) is 50.2 Å². The van der Waals surface area contributed by atoms with Gasteiger partial charge >= 0.3 is 0 Å². The average molecular weight is 409 g/mol. The van der Waals surface area contributed by atoms with Crippen LogP contribution >= 0.6 is 11.6 Å². The molecular formula is C23H25ClN4O. The van der Waals surface area contributed by atoms with Crippen molar-refractivity contribution in [3.8, 4) is 0 Å². The second kappa shape index (κ2) is 7.71. The Bertz CT molecular complexity index is 1020. The highest BCUT2D eigenvalue weighted by Crippen LogP contribution is 2.37. The third kappa shape index (κ3) is 3.60. The van der Waals surface area contributed by atoms with Crippen molar-refractivity contribution in [3.05, 3.63) is 59.1 Å². The number of nitrogens with one attached hydrogen (secondary N) is 1. The molecule has 1 unspecified atom stereocenters. The fraction of sp³-hybridized carbons (Fsp3) is 0.391. The van der Waals surface area contributed by atoms with Crippen LogP contribution in [0.5, 0.6) is 0 Å². The summed E-state index contributed by atoms with van der Waals surface area (Å²) in [5.41, 5.74) is 2.93. The Morgan fingerprint density at radius 1 is 1.03 bits per heavy atom. The van der Waals surface area contributed by atoms with Gasteiger partial charge in [0, 0.05) is 35.8 Å². The number of carbonyl (C=O) groups is 1. The molecule has 0 spiro atoms. The molecule has 5 nitrogen and oxygen atoms in total. The fourth-order valence-corrected chi connectivity index (χ4v) is 4.83. The van der Waals surface area contributed by atoms with Crippen molar-refractivity contribution in [2.75, 3.05) is 18.0 Å². The van der Waals surface area contributed by atoms with Crippen LogP contribution in [-0.2, 0) is 0 Å². The van der Waals surface area contributed by atoms with Gasteiger partial charge in [0.25, 0.3) is 5.91 Å². The molecule has 1 aromatic heterocycles. The summed E-state index contributed by atoms with van der Waals surface area (Å²) in [5.74, 6) is 1.01. The summed E-state index contributed by atoms with van der Waals surface area (Å²) in [6.07, 6.45) is 5.94. The van der Waals surface area contributed by atoms with Crippen LogP contribution in [0.3, 0.4) is 0 Å². The molecule has 5 rings (SSSR count). The zero-order valence-electron chi connectivity index (χ0n) is 16.4. The first-order valence-corrected chi connectivity index (χ1v) is 10.9. The smallest absolute Gasteiger partial charge is 0.251 e. The van der Waals surface area contributed by atoms with E-state index >= 15 is 0 Å². The first-order valence-electron chi connectivity index (χ1n) is 10.5. The maximum Gasteiger partial charge on any atom is 0.251 e. The number of amides is 1. The molecule has 1 aliphatic heterocycles. The number of halogens is 1. The fourth-order valence-electron chi connectivity index (χ4n) is 4.71. The Balaban J connectivity index is 1.36. The molecule has 0 bridgehead atoms. The lowest BCUT2D eigenvalue weighted by Gasteiger charge is -2.23. The van der Waals surface area contributed by atoms with Gasteiger partial charge in [-0.1, -0.05) is 36.6 Å². The molecule has 1 saturated carbocycles. The molecule has 6 heteroatoms. The quantitative estimate of drug-likeness (QED) is 0.673. The molecule has 1 amide bonds. The minimum Gasteiger partial charge on any atom is -0.347 e. The standard InChI is InChI=1S/C23H25ClN4O/c24-17-11-9-16(10-12-17)22(29)25-18-13-14-27(15-18)23-26-20-7-3-4-8-21(20)28(23)19-5-1-2-6-19/h3-4,7-12,18-19H,1-2,5-6,13-15H2,(H,25,29). The van der Waals surface area contributed by atoms with E-state index in [0.717, 1.165) is 31.0 Å². The second-order valence-electron chi connectivity index (χ2n) is 8.12. The maximum absolute atomic E-state index is 12.6. The summed E-state index contributed by atoms with van der Waals surface area (Å²) in [7, 11) is 0. The third-order valence-electron chi connectivity index (χ3n) is 6.18. The number of rotatable bonds is 4. The normalized spacial score (nSPS) is 19.9. The van der Waals surface area contributed by atoms with E-state index < -0.39 is 0 Å². The van der Waals surface area contributed by atoms with Crippen molar-refractivity contribution in [3.63, 3.8) is 0 Å². The molecule has 3 aromatic rings. The molecule has 2 fully saturated rings. The number of benzene rings is 2. The number of imidazole rings is 1.